The first-order valence-corrected chi connectivity index (χ1v) is 6.28. The Morgan fingerprint density at radius 3 is 2.41 bits per heavy atom. The summed E-state index contributed by atoms with van der Waals surface area (Å²) < 4.78 is 0. The van der Waals surface area contributed by atoms with E-state index in [1.54, 1.807) is 0 Å². The molecule has 0 saturated carbocycles. The molecule has 0 saturated heterocycles. The fourth-order valence-electron chi connectivity index (χ4n) is 1.91. The average molecular weight is 236 g/mol. The van der Waals surface area contributed by atoms with Crippen LogP contribution in [-0.2, 0) is 0 Å². The van der Waals surface area contributed by atoms with E-state index in [-0.39, 0.29) is 0 Å². The van der Waals surface area contributed by atoms with Gasteiger partial charge in [-0.25, -0.2) is 0 Å². The second-order valence-electron chi connectivity index (χ2n) is 4.76. The predicted octanol–water partition coefficient (Wildman–Crippen LogP) is 2.42. The van der Waals surface area contributed by atoms with Crippen LogP contribution in [0.1, 0.15) is 38.4 Å². The highest BCUT2D eigenvalue weighted by atomic mass is 16.3. The first kappa shape index (κ1) is 14.0. The summed E-state index contributed by atoms with van der Waals surface area (Å²) in [6, 6.07) is 7.93. The zero-order chi connectivity index (χ0) is 12.8. The number of benzene rings is 1. The molecule has 0 amide bonds. The van der Waals surface area contributed by atoms with E-state index >= 15 is 0 Å². The van der Waals surface area contributed by atoms with E-state index in [2.05, 4.69) is 25.8 Å². The smallest absolute Gasteiger partial charge is 0.0916 e. The lowest BCUT2D eigenvalue weighted by Crippen LogP contribution is -2.32. The van der Waals surface area contributed by atoms with Crippen molar-refractivity contribution in [3.05, 3.63) is 29.8 Å². The quantitative estimate of drug-likeness (QED) is 0.746. The molecule has 1 aromatic rings. The first-order chi connectivity index (χ1) is 8.04. The van der Waals surface area contributed by atoms with Crippen LogP contribution in [0.5, 0.6) is 0 Å². The fraction of sp³-hybridized carbons (Fsp3) is 0.571. The second-order valence-corrected chi connectivity index (χ2v) is 4.76. The van der Waals surface area contributed by atoms with Gasteiger partial charge in [0.15, 0.2) is 0 Å². The van der Waals surface area contributed by atoms with Gasteiger partial charge in [0, 0.05) is 18.3 Å². The summed E-state index contributed by atoms with van der Waals surface area (Å²) in [5.41, 5.74) is 7.28. The van der Waals surface area contributed by atoms with E-state index in [4.69, 9.17) is 5.73 Å². The zero-order valence-electron chi connectivity index (χ0n) is 11.1. The van der Waals surface area contributed by atoms with Crippen LogP contribution in [0.3, 0.4) is 0 Å². The van der Waals surface area contributed by atoms with Gasteiger partial charge in [-0.15, -0.1) is 0 Å². The van der Waals surface area contributed by atoms with E-state index in [9.17, 15) is 5.11 Å². The molecular weight excluding hydrogens is 212 g/mol. The van der Waals surface area contributed by atoms with Crippen LogP contribution in [-0.4, -0.2) is 29.6 Å². The van der Waals surface area contributed by atoms with E-state index in [0.717, 1.165) is 17.7 Å². The number of nitrogen functional groups attached to an aromatic ring is 1. The second kappa shape index (κ2) is 6.62. The minimum atomic E-state index is -0.445. The lowest BCUT2D eigenvalue weighted by atomic mass is 10.1. The van der Waals surface area contributed by atoms with Gasteiger partial charge in [0.25, 0.3) is 0 Å². The van der Waals surface area contributed by atoms with Gasteiger partial charge in [-0.1, -0.05) is 25.5 Å². The van der Waals surface area contributed by atoms with Crippen LogP contribution < -0.4 is 5.73 Å². The lowest BCUT2D eigenvalue weighted by Gasteiger charge is -2.26. The Morgan fingerprint density at radius 1 is 1.29 bits per heavy atom. The van der Waals surface area contributed by atoms with E-state index < -0.39 is 6.10 Å². The fourth-order valence-corrected chi connectivity index (χ4v) is 1.91. The number of aliphatic hydroxyl groups excluding tert-OH is 1. The van der Waals surface area contributed by atoms with Crippen molar-refractivity contribution < 1.29 is 5.11 Å². The maximum absolute atomic E-state index is 10.1. The molecule has 2 unspecified atom stereocenters. The Labute approximate surface area is 104 Å². The Hall–Kier alpha value is -1.06. The zero-order valence-corrected chi connectivity index (χ0v) is 11.1. The predicted molar refractivity (Wildman–Crippen MR) is 72.8 cm³/mol. The molecule has 0 aromatic heterocycles. The van der Waals surface area contributed by atoms with Crippen LogP contribution in [0, 0.1) is 0 Å². The number of hydrogen-bond acceptors (Lipinski definition) is 3. The van der Waals surface area contributed by atoms with Crippen LogP contribution >= 0.6 is 0 Å². The third-order valence-corrected chi connectivity index (χ3v) is 3.24. The minimum Gasteiger partial charge on any atom is -0.399 e. The molecular formula is C14H24N2O. The summed E-state index contributed by atoms with van der Waals surface area (Å²) >= 11 is 0. The van der Waals surface area contributed by atoms with Gasteiger partial charge in [-0.2, -0.15) is 0 Å². The van der Waals surface area contributed by atoms with E-state index in [0.29, 0.717) is 12.6 Å². The summed E-state index contributed by atoms with van der Waals surface area (Å²) in [4.78, 5) is 2.20. The SMILES string of the molecule is CCCC(C)N(C)CC(O)c1ccc(N)cc1. The molecule has 0 heterocycles. The van der Waals surface area contributed by atoms with Gasteiger partial charge >= 0.3 is 0 Å². The summed E-state index contributed by atoms with van der Waals surface area (Å²) in [7, 11) is 2.06. The topological polar surface area (TPSA) is 49.5 Å². The highest BCUT2D eigenvalue weighted by Crippen LogP contribution is 2.17. The van der Waals surface area contributed by atoms with Gasteiger partial charge in [0.1, 0.15) is 0 Å². The average Bonchev–Trinajstić information content (AvgIpc) is 2.30. The standard InChI is InChI=1S/C14H24N2O/c1-4-5-11(2)16(3)10-14(17)12-6-8-13(15)9-7-12/h6-9,11,14,17H,4-5,10,15H2,1-3H3. The van der Waals surface area contributed by atoms with Crippen molar-refractivity contribution in [1.29, 1.82) is 0 Å². The Morgan fingerprint density at radius 2 is 1.88 bits per heavy atom. The normalized spacial score (nSPS) is 14.9. The molecule has 0 aliphatic carbocycles. The minimum absolute atomic E-state index is 0.445. The van der Waals surface area contributed by atoms with E-state index in [1.165, 1.54) is 6.42 Å². The summed E-state index contributed by atoms with van der Waals surface area (Å²) in [5, 5.41) is 10.1. The van der Waals surface area contributed by atoms with Crippen LogP contribution in [0.4, 0.5) is 5.69 Å². The molecule has 3 nitrogen and oxygen atoms in total. The van der Waals surface area contributed by atoms with Crippen LogP contribution in [0.2, 0.25) is 0 Å². The number of nitrogens with two attached hydrogens (primary N) is 1. The molecule has 2 atom stereocenters. The first-order valence-electron chi connectivity index (χ1n) is 6.28. The van der Waals surface area contributed by atoms with Gasteiger partial charge in [0.2, 0.25) is 0 Å². The number of aliphatic hydroxyl groups is 1. The molecule has 1 aromatic carbocycles. The highest BCUT2D eigenvalue weighted by molar-refractivity contribution is 5.39. The highest BCUT2D eigenvalue weighted by Gasteiger charge is 2.14. The maximum atomic E-state index is 10.1. The molecule has 1 rings (SSSR count). The molecule has 0 fully saturated rings. The number of nitrogens with zero attached hydrogens (tertiary/aromatic N) is 1. The van der Waals surface area contributed by atoms with Gasteiger partial charge in [-0.05, 0) is 38.1 Å². The molecule has 17 heavy (non-hydrogen) atoms. The summed E-state index contributed by atoms with van der Waals surface area (Å²) in [6.45, 7) is 5.03. The van der Waals surface area contributed by atoms with Crippen molar-refractivity contribution >= 4 is 5.69 Å². The Bertz CT molecular complexity index is 323. The van der Waals surface area contributed by atoms with Crippen molar-refractivity contribution in [2.24, 2.45) is 0 Å². The number of rotatable bonds is 6. The van der Waals surface area contributed by atoms with Crippen LogP contribution in [0.15, 0.2) is 24.3 Å². The monoisotopic (exact) mass is 236 g/mol. The van der Waals surface area contributed by atoms with Gasteiger partial charge in [-0.3, -0.25) is 0 Å². The third kappa shape index (κ3) is 4.36. The Balaban J connectivity index is 2.53. The lowest BCUT2D eigenvalue weighted by molar-refractivity contribution is 0.106. The van der Waals surface area contributed by atoms with Crippen molar-refractivity contribution in [1.82, 2.24) is 4.90 Å². The molecule has 0 radical (unpaired) electrons. The Kier molecular flexibility index (Phi) is 5.45. The number of likely N-dealkylation sites (N-methyl/N-ethyl adjacent to an activating group) is 1. The van der Waals surface area contributed by atoms with Crippen molar-refractivity contribution in [3.63, 3.8) is 0 Å². The van der Waals surface area contributed by atoms with Crippen molar-refractivity contribution in [2.45, 2.75) is 38.8 Å². The van der Waals surface area contributed by atoms with Crippen LogP contribution in [0.25, 0.3) is 0 Å². The van der Waals surface area contributed by atoms with Crippen molar-refractivity contribution in [2.75, 3.05) is 19.3 Å². The van der Waals surface area contributed by atoms with E-state index in [1.807, 2.05) is 24.3 Å². The number of anilines is 1. The summed E-state index contributed by atoms with van der Waals surface area (Å²) in [6.07, 6.45) is 1.88. The molecule has 0 aliphatic heterocycles. The molecule has 0 spiro atoms. The molecule has 96 valence electrons. The van der Waals surface area contributed by atoms with Crippen molar-refractivity contribution in [3.8, 4) is 0 Å². The molecule has 3 N–H and O–H groups in total. The largest absolute Gasteiger partial charge is 0.399 e. The molecule has 3 heteroatoms. The number of hydrogen-bond donors (Lipinski definition) is 2. The molecule has 0 aliphatic rings. The third-order valence-electron chi connectivity index (χ3n) is 3.24. The summed E-state index contributed by atoms with van der Waals surface area (Å²) in [5.74, 6) is 0. The van der Waals surface area contributed by atoms with Gasteiger partial charge < -0.3 is 15.7 Å². The maximum Gasteiger partial charge on any atom is 0.0916 e. The van der Waals surface area contributed by atoms with Gasteiger partial charge in [0.05, 0.1) is 6.10 Å². The molecule has 0 bridgehead atoms.